The van der Waals surface area contributed by atoms with Gasteiger partial charge in [0.1, 0.15) is 36.4 Å². The molecule has 2 aliphatic heterocycles. The van der Waals surface area contributed by atoms with Crippen LogP contribution >= 0.6 is 34.8 Å². The van der Waals surface area contributed by atoms with Gasteiger partial charge in [-0.05, 0) is 49.2 Å². The van der Waals surface area contributed by atoms with Crippen LogP contribution in [0.3, 0.4) is 0 Å². The number of ether oxygens (including phenoxy) is 8. The highest BCUT2D eigenvalue weighted by Gasteiger charge is 2.41. The number of aliphatic hydroxyl groups is 1. The fraction of sp³-hybridized carbons (Fsp3) is 0.500. The van der Waals surface area contributed by atoms with E-state index in [9.17, 15) is 14.7 Å². The quantitative estimate of drug-likeness (QED) is 0.132. The Morgan fingerprint density at radius 2 is 1.20 bits per heavy atom. The molecule has 8 atom stereocenters. The van der Waals surface area contributed by atoms with Crippen molar-refractivity contribution < 1.29 is 52.6 Å². The van der Waals surface area contributed by atoms with Gasteiger partial charge in [0, 0.05) is 11.8 Å². The van der Waals surface area contributed by atoms with Gasteiger partial charge < -0.3 is 43.0 Å². The van der Waals surface area contributed by atoms with Gasteiger partial charge in [0.15, 0.2) is 12.2 Å². The number of hydrogen-bond donors (Lipinski definition) is 1. The lowest BCUT2D eigenvalue weighted by molar-refractivity contribution is -0.186. The van der Waals surface area contributed by atoms with Crippen molar-refractivity contribution in [3.63, 3.8) is 0 Å². The predicted octanol–water partition coefficient (Wildman–Crippen LogP) is 5.54. The third-order valence-electron chi connectivity index (χ3n) is 8.04. The number of hydrogen-bond acceptors (Lipinski definition) is 11. The Hall–Kier alpha value is -2.87. The SMILES string of the molecule is COc1ccc(COC[C@@H]2C=C[C@H]([C@H](C)O)O[C@@H]2C(=O)O[C@@H](C)[C@H]2C=C[C@@H](COCc3ccc(OC)cc3)[C@@H](C(=O)OCC(Cl)(Cl)Cl)O2)cc1. The minimum absolute atomic E-state index is 0.109. The molecular weight excluding hydrogens is 715 g/mol. The predicted molar refractivity (Wildman–Crippen MR) is 186 cm³/mol. The first-order chi connectivity index (χ1) is 23.9. The summed E-state index contributed by atoms with van der Waals surface area (Å²) in [5, 5.41) is 10.2. The molecule has 4 rings (SSSR count). The zero-order valence-corrected chi connectivity index (χ0v) is 30.5. The topological polar surface area (TPSA) is 128 Å². The molecule has 0 radical (unpaired) electrons. The van der Waals surface area contributed by atoms with Gasteiger partial charge in [-0.25, -0.2) is 9.59 Å². The van der Waals surface area contributed by atoms with E-state index in [0.717, 1.165) is 22.6 Å². The molecule has 0 saturated carbocycles. The van der Waals surface area contributed by atoms with Gasteiger partial charge in [-0.15, -0.1) is 0 Å². The molecule has 2 heterocycles. The lowest BCUT2D eigenvalue weighted by atomic mass is 9.96. The molecule has 11 nitrogen and oxygen atoms in total. The Morgan fingerprint density at radius 1 is 0.740 bits per heavy atom. The molecule has 0 unspecified atom stereocenters. The zero-order valence-electron chi connectivity index (χ0n) is 28.2. The van der Waals surface area contributed by atoms with Crippen molar-refractivity contribution in [3.05, 3.63) is 84.0 Å². The number of benzene rings is 2. The van der Waals surface area contributed by atoms with Crippen LogP contribution in [0.1, 0.15) is 25.0 Å². The maximum atomic E-state index is 13.6. The number of methoxy groups -OCH3 is 2. The van der Waals surface area contributed by atoms with E-state index in [4.69, 9.17) is 72.7 Å². The molecule has 0 bridgehead atoms. The number of carbonyl (C=O) groups is 2. The highest BCUT2D eigenvalue weighted by atomic mass is 35.6. The van der Waals surface area contributed by atoms with E-state index in [0.29, 0.717) is 6.61 Å². The molecule has 0 amide bonds. The summed E-state index contributed by atoms with van der Waals surface area (Å²) in [6, 6.07) is 14.8. The van der Waals surface area contributed by atoms with Crippen LogP contribution < -0.4 is 9.47 Å². The largest absolute Gasteiger partial charge is 0.497 e. The van der Waals surface area contributed by atoms with Crippen LogP contribution in [0.15, 0.2) is 72.8 Å². The number of alkyl halides is 3. The molecular formula is C36H43Cl3O11. The number of carbonyl (C=O) groups excluding carboxylic acids is 2. The second-order valence-corrected chi connectivity index (χ2v) is 14.5. The average Bonchev–Trinajstić information content (AvgIpc) is 3.10. The minimum atomic E-state index is -1.82. The van der Waals surface area contributed by atoms with Crippen LogP contribution in [-0.2, 0) is 51.2 Å². The van der Waals surface area contributed by atoms with Crippen LogP contribution in [0, 0.1) is 11.8 Å². The lowest BCUT2D eigenvalue weighted by Gasteiger charge is -2.35. The van der Waals surface area contributed by atoms with Crippen molar-refractivity contribution in [1.29, 1.82) is 0 Å². The molecule has 0 fully saturated rings. The van der Waals surface area contributed by atoms with Crippen molar-refractivity contribution in [1.82, 2.24) is 0 Å². The summed E-state index contributed by atoms with van der Waals surface area (Å²) in [4.78, 5) is 26.7. The monoisotopic (exact) mass is 756 g/mol. The van der Waals surface area contributed by atoms with Gasteiger partial charge in [0.05, 0.1) is 46.8 Å². The number of aliphatic hydroxyl groups excluding tert-OH is 1. The normalized spacial score (nSPS) is 24.6. The van der Waals surface area contributed by atoms with E-state index in [2.05, 4.69) is 0 Å². The Balaban J connectivity index is 1.40. The third kappa shape index (κ3) is 12.1. The van der Waals surface area contributed by atoms with Crippen LogP contribution in [0.5, 0.6) is 11.5 Å². The fourth-order valence-corrected chi connectivity index (χ4v) is 5.41. The molecule has 2 aromatic carbocycles. The minimum Gasteiger partial charge on any atom is -0.497 e. The highest BCUT2D eigenvalue weighted by molar-refractivity contribution is 6.67. The molecule has 2 aliphatic rings. The van der Waals surface area contributed by atoms with Crippen LogP contribution in [0.4, 0.5) is 0 Å². The summed E-state index contributed by atoms with van der Waals surface area (Å²) in [6.45, 7) is 3.55. The van der Waals surface area contributed by atoms with Gasteiger partial charge in [0.2, 0.25) is 3.79 Å². The van der Waals surface area contributed by atoms with E-state index in [1.54, 1.807) is 52.4 Å². The molecule has 14 heteroatoms. The van der Waals surface area contributed by atoms with Crippen molar-refractivity contribution in [2.45, 2.75) is 67.5 Å². The second-order valence-electron chi connectivity index (χ2n) is 12.0. The molecule has 0 spiro atoms. The van der Waals surface area contributed by atoms with Crippen molar-refractivity contribution in [3.8, 4) is 11.5 Å². The Kier molecular flexibility index (Phi) is 15.2. The second kappa shape index (κ2) is 19.1. The molecule has 1 N–H and O–H groups in total. The molecule has 0 saturated heterocycles. The summed E-state index contributed by atoms with van der Waals surface area (Å²) in [5.41, 5.74) is 1.83. The smallest absolute Gasteiger partial charge is 0.336 e. The van der Waals surface area contributed by atoms with Gasteiger partial charge in [-0.3, -0.25) is 0 Å². The van der Waals surface area contributed by atoms with Crippen LogP contribution in [0.2, 0.25) is 0 Å². The summed E-state index contributed by atoms with van der Waals surface area (Å²) >= 11 is 17.4. The number of halogens is 3. The van der Waals surface area contributed by atoms with Crippen molar-refractivity contribution >= 4 is 46.7 Å². The summed E-state index contributed by atoms with van der Waals surface area (Å²) in [7, 11) is 3.18. The molecule has 274 valence electrons. The van der Waals surface area contributed by atoms with Crippen LogP contribution in [-0.4, -0.2) is 91.5 Å². The molecule has 50 heavy (non-hydrogen) atoms. The fourth-order valence-electron chi connectivity index (χ4n) is 5.25. The van der Waals surface area contributed by atoms with Gasteiger partial charge in [0.25, 0.3) is 0 Å². The standard InChI is InChI=1S/C36H43Cl3O11/c1-22(40)30-15-9-27(20-46-18-25-7-13-29(44-4)14-8-25)33(49-30)35(42)48-23(2)31-16-10-26(32(50-31)34(41)47-21-36(37,38)39)19-45-17-24-5-11-28(43-3)12-6-24/h5-16,22-23,26-27,30-33,40H,17-21H2,1-4H3/t22-,23-,26-,27-,30+,31+,32-,33-/m0/s1. The van der Waals surface area contributed by atoms with Crippen molar-refractivity contribution in [2.24, 2.45) is 11.8 Å². The first-order valence-corrected chi connectivity index (χ1v) is 17.2. The average molecular weight is 758 g/mol. The van der Waals surface area contributed by atoms with E-state index in [1.165, 1.54) is 0 Å². The maximum absolute atomic E-state index is 13.6. The Labute approximate surface area is 307 Å². The molecule has 2 aromatic rings. The summed E-state index contributed by atoms with van der Waals surface area (Å²) < 4.78 is 43.6. The molecule has 0 aromatic heterocycles. The van der Waals surface area contributed by atoms with E-state index in [1.807, 2.05) is 48.5 Å². The maximum Gasteiger partial charge on any atom is 0.336 e. The lowest BCUT2D eigenvalue weighted by Crippen LogP contribution is -2.48. The third-order valence-corrected chi connectivity index (χ3v) is 8.37. The van der Waals surface area contributed by atoms with E-state index >= 15 is 0 Å². The van der Waals surface area contributed by atoms with E-state index < -0.39 is 70.8 Å². The number of esters is 2. The summed E-state index contributed by atoms with van der Waals surface area (Å²) in [5.74, 6) is -1.05. The number of rotatable bonds is 16. The van der Waals surface area contributed by atoms with E-state index in [-0.39, 0.29) is 19.8 Å². The molecule has 0 aliphatic carbocycles. The first kappa shape index (κ1) is 39.9. The van der Waals surface area contributed by atoms with Gasteiger partial charge in [-0.1, -0.05) is 83.4 Å². The highest BCUT2D eigenvalue weighted by Crippen LogP contribution is 2.30. The van der Waals surface area contributed by atoms with Crippen molar-refractivity contribution in [2.75, 3.05) is 34.0 Å². The summed E-state index contributed by atoms with van der Waals surface area (Å²) in [6.07, 6.45) is 1.45. The van der Waals surface area contributed by atoms with Crippen LogP contribution in [0.25, 0.3) is 0 Å². The Bertz CT molecular complexity index is 1430. The Morgan fingerprint density at radius 3 is 1.66 bits per heavy atom. The zero-order chi connectivity index (χ0) is 36.3. The van der Waals surface area contributed by atoms with Gasteiger partial charge >= 0.3 is 11.9 Å². The first-order valence-electron chi connectivity index (χ1n) is 16.1. The van der Waals surface area contributed by atoms with Gasteiger partial charge in [-0.2, -0.15) is 0 Å².